The third-order valence-electron chi connectivity index (χ3n) is 4.86. The number of aromatic nitrogens is 2. The lowest BCUT2D eigenvalue weighted by atomic mass is 10.1. The van der Waals surface area contributed by atoms with Gasteiger partial charge in [-0.3, -0.25) is 9.59 Å². The van der Waals surface area contributed by atoms with E-state index in [1.54, 1.807) is 41.9 Å². The number of para-hydroxylation sites is 1. The summed E-state index contributed by atoms with van der Waals surface area (Å²) in [6.45, 7) is -0.337. The topological polar surface area (TPSA) is 88.1 Å². The third kappa shape index (κ3) is 4.95. The van der Waals surface area contributed by atoms with E-state index in [0.717, 1.165) is 0 Å². The number of amides is 2. The summed E-state index contributed by atoms with van der Waals surface area (Å²) in [6.07, 6.45) is 1.41. The Bertz CT molecular complexity index is 1360. The van der Waals surface area contributed by atoms with Crippen LogP contribution in [0.5, 0.6) is 0 Å². The average molecular weight is 561 g/mol. The van der Waals surface area contributed by atoms with Gasteiger partial charge in [-0.05, 0) is 59.0 Å². The summed E-state index contributed by atoms with van der Waals surface area (Å²) < 4.78 is 32.0. The van der Waals surface area contributed by atoms with Gasteiger partial charge in [0.1, 0.15) is 11.3 Å². The SMILES string of the molecule is Cn1cnc2c(F)c(Nc3ccc(I)cc3F)c(C(=O)NCC(=O)Nc3ccccc3)cc21. The van der Waals surface area contributed by atoms with Crippen molar-refractivity contribution in [2.24, 2.45) is 7.05 Å². The predicted molar refractivity (Wildman–Crippen MR) is 130 cm³/mol. The van der Waals surface area contributed by atoms with Crippen molar-refractivity contribution in [1.29, 1.82) is 0 Å². The van der Waals surface area contributed by atoms with Gasteiger partial charge in [-0.15, -0.1) is 0 Å². The summed E-state index contributed by atoms with van der Waals surface area (Å²) in [6, 6.07) is 14.6. The van der Waals surface area contributed by atoms with E-state index in [0.29, 0.717) is 14.8 Å². The molecular formula is C23H18F2IN5O2. The van der Waals surface area contributed by atoms with Crippen molar-refractivity contribution in [3.05, 3.63) is 81.7 Å². The number of halogens is 3. The van der Waals surface area contributed by atoms with Gasteiger partial charge in [0.25, 0.3) is 5.91 Å². The molecule has 3 N–H and O–H groups in total. The standard InChI is InChI=1S/C23H18F2IN5O2/c1-31-12-28-22-18(31)10-15(21(20(22)25)30-17-8-7-13(26)9-16(17)24)23(33)27-11-19(32)29-14-5-3-2-4-6-14/h2-10,12,30H,11H2,1H3,(H,27,33)(H,29,32). The molecule has 1 heterocycles. The van der Waals surface area contributed by atoms with Crippen molar-refractivity contribution in [2.75, 3.05) is 17.2 Å². The van der Waals surface area contributed by atoms with Gasteiger partial charge in [-0.25, -0.2) is 13.8 Å². The van der Waals surface area contributed by atoms with E-state index >= 15 is 4.39 Å². The smallest absolute Gasteiger partial charge is 0.254 e. The highest BCUT2D eigenvalue weighted by Gasteiger charge is 2.22. The molecule has 0 unspecified atom stereocenters. The molecule has 0 aliphatic rings. The first-order chi connectivity index (χ1) is 15.8. The van der Waals surface area contributed by atoms with Crippen LogP contribution >= 0.6 is 22.6 Å². The molecule has 0 atom stereocenters. The van der Waals surface area contributed by atoms with Crippen LogP contribution in [0.2, 0.25) is 0 Å². The number of nitrogens with one attached hydrogen (secondary N) is 3. The zero-order chi connectivity index (χ0) is 23.5. The fraction of sp³-hybridized carbons (Fsp3) is 0.0870. The lowest BCUT2D eigenvalue weighted by Gasteiger charge is -2.15. The van der Waals surface area contributed by atoms with Crippen molar-refractivity contribution in [3.8, 4) is 0 Å². The molecule has 0 saturated carbocycles. The second-order valence-electron chi connectivity index (χ2n) is 7.18. The first-order valence-corrected chi connectivity index (χ1v) is 10.9. The Balaban J connectivity index is 1.63. The molecule has 0 fully saturated rings. The highest BCUT2D eigenvalue weighted by Crippen LogP contribution is 2.31. The molecule has 33 heavy (non-hydrogen) atoms. The molecule has 3 aromatic carbocycles. The van der Waals surface area contributed by atoms with Crippen LogP contribution in [0.25, 0.3) is 11.0 Å². The number of carbonyl (C=O) groups is 2. The Hall–Kier alpha value is -3.54. The lowest BCUT2D eigenvalue weighted by molar-refractivity contribution is -0.115. The fourth-order valence-corrected chi connectivity index (χ4v) is 3.69. The second-order valence-corrected chi connectivity index (χ2v) is 8.43. The van der Waals surface area contributed by atoms with E-state index in [2.05, 4.69) is 20.9 Å². The van der Waals surface area contributed by atoms with Crippen LogP contribution in [0.15, 0.2) is 60.9 Å². The van der Waals surface area contributed by atoms with Gasteiger partial charge >= 0.3 is 0 Å². The summed E-state index contributed by atoms with van der Waals surface area (Å²) in [5.74, 6) is -2.55. The zero-order valence-electron chi connectivity index (χ0n) is 17.3. The van der Waals surface area contributed by atoms with E-state index in [1.165, 1.54) is 24.5 Å². The Morgan fingerprint density at radius 3 is 2.58 bits per heavy atom. The van der Waals surface area contributed by atoms with Gasteiger partial charge in [0.05, 0.1) is 35.3 Å². The molecule has 0 bridgehead atoms. The summed E-state index contributed by atoms with van der Waals surface area (Å²) in [7, 11) is 1.66. The van der Waals surface area contributed by atoms with Crippen molar-refractivity contribution >= 4 is 62.5 Å². The van der Waals surface area contributed by atoms with Crippen molar-refractivity contribution in [1.82, 2.24) is 14.9 Å². The minimum Gasteiger partial charge on any atom is -0.350 e. The zero-order valence-corrected chi connectivity index (χ0v) is 19.5. The van der Waals surface area contributed by atoms with Crippen LogP contribution in [-0.4, -0.2) is 27.9 Å². The number of anilines is 3. The first kappa shape index (κ1) is 22.6. The van der Waals surface area contributed by atoms with Crippen molar-refractivity contribution < 1.29 is 18.4 Å². The number of nitrogens with zero attached hydrogens (tertiary/aromatic N) is 2. The van der Waals surface area contributed by atoms with E-state index in [4.69, 9.17) is 0 Å². The van der Waals surface area contributed by atoms with E-state index < -0.39 is 23.4 Å². The Morgan fingerprint density at radius 2 is 1.85 bits per heavy atom. The molecule has 0 aliphatic carbocycles. The molecule has 0 radical (unpaired) electrons. The van der Waals surface area contributed by atoms with Gasteiger partial charge < -0.3 is 20.5 Å². The first-order valence-electron chi connectivity index (χ1n) is 9.82. The number of rotatable bonds is 6. The number of fused-ring (bicyclic) bond motifs is 1. The van der Waals surface area contributed by atoms with E-state index in [1.807, 2.05) is 28.7 Å². The summed E-state index contributed by atoms with van der Waals surface area (Å²) in [5.41, 5.74) is 0.664. The minimum atomic E-state index is -0.801. The monoisotopic (exact) mass is 561 g/mol. The van der Waals surface area contributed by atoms with E-state index in [-0.39, 0.29) is 29.0 Å². The number of imidazole rings is 1. The number of hydrogen-bond donors (Lipinski definition) is 3. The summed E-state index contributed by atoms with van der Waals surface area (Å²) >= 11 is 1.96. The molecule has 0 aliphatic heterocycles. The molecule has 2 amide bonds. The number of carbonyl (C=O) groups excluding carboxylic acids is 2. The molecule has 4 aromatic rings. The van der Waals surface area contributed by atoms with Crippen LogP contribution in [0.1, 0.15) is 10.4 Å². The Labute approximate surface area is 201 Å². The quantitative estimate of drug-likeness (QED) is 0.301. The maximum Gasteiger partial charge on any atom is 0.254 e. The number of benzene rings is 3. The van der Waals surface area contributed by atoms with Crippen LogP contribution < -0.4 is 16.0 Å². The molecule has 168 valence electrons. The predicted octanol–water partition coefficient (Wildman–Crippen LogP) is 4.57. The Kier molecular flexibility index (Phi) is 6.54. The molecule has 1 aromatic heterocycles. The maximum atomic E-state index is 15.4. The highest BCUT2D eigenvalue weighted by molar-refractivity contribution is 14.1. The molecular weight excluding hydrogens is 543 g/mol. The van der Waals surface area contributed by atoms with Gasteiger partial charge in [-0.2, -0.15) is 0 Å². The highest BCUT2D eigenvalue weighted by atomic mass is 127. The lowest BCUT2D eigenvalue weighted by Crippen LogP contribution is -2.33. The van der Waals surface area contributed by atoms with Crippen molar-refractivity contribution in [3.63, 3.8) is 0 Å². The Morgan fingerprint density at radius 1 is 1.09 bits per heavy atom. The molecule has 0 spiro atoms. The average Bonchev–Trinajstić information content (AvgIpc) is 3.17. The van der Waals surface area contributed by atoms with Gasteiger partial charge in [0, 0.05) is 16.3 Å². The number of aryl methyl sites for hydroxylation is 1. The van der Waals surface area contributed by atoms with E-state index in [9.17, 15) is 14.0 Å². The second kappa shape index (κ2) is 9.53. The summed E-state index contributed by atoms with van der Waals surface area (Å²) in [4.78, 5) is 29.2. The molecule has 10 heteroatoms. The minimum absolute atomic E-state index is 0.000433. The largest absolute Gasteiger partial charge is 0.350 e. The molecule has 4 rings (SSSR count). The fourth-order valence-electron chi connectivity index (χ4n) is 3.23. The number of hydrogen-bond acceptors (Lipinski definition) is 4. The normalized spacial score (nSPS) is 10.8. The van der Waals surface area contributed by atoms with Crippen LogP contribution in [0.3, 0.4) is 0 Å². The third-order valence-corrected chi connectivity index (χ3v) is 5.53. The molecule has 7 nitrogen and oxygen atoms in total. The van der Waals surface area contributed by atoms with Gasteiger partial charge in [0.15, 0.2) is 5.82 Å². The van der Waals surface area contributed by atoms with Gasteiger partial charge in [-0.1, -0.05) is 18.2 Å². The van der Waals surface area contributed by atoms with Crippen LogP contribution in [0, 0.1) is 15.2 Å². The summed E-state index contributed by atoms with van der Waals surface area (Å²) in [5, 5.41) is 7.83. The molecule has 0 saturated heterocycles. The van der Waals surface area contributed by atoms with Crippen LogP contribution in [0.4, 0.5) is 25.8 Å². The van der Waals surface area contributed by atoms with Crippen molar-refractivity contribution in [2.45, 2.75) is 0 Å². The van der Waals surface area contributed by atoms with Gasteiger partial charge in [0.2, 0.25) is 5.91 Å². The van der Waals surface area contributed by atoms with Crippen LogP contribution in [-0.2, 0) is 11.8 Å². The maximum absolute atomic E-state index is 15.4.